The third-order valence-electron chi connectivity index (χ3n) is 3.34. The third kappa shape index (κ3) is 5.23. The minimum Gasteiger partial charge on any atom is -0.493 e. The Balaban J connectivity index is 1.83. The van der Waals surface area contributed by atoms with E-state index in [0.29, 0.717) is 0 Å². The van der Waals surface area contributed by atoms with Crippen molar-refractivity contribution in [2.75, 3.05) is 13.2 Å². The minimum atomic E-state index is 0.724. The number of hydrogen-bond acceptors (Lipinski definition) is 3. The molecule has 21 heavy (non-hydrogen) atoms. The van der Waals surface area contributed by atoms with E-state index in [0.717, 1.165) is 44.8 Å². The Morgan fingerprint density at radius 3 is 3.00 bits per heavy atom. The van der Waals surface area contributed by atoms with Gasteiger partial charge in [0.2, 0.25) is 0 Å². The van der Waals surface area contributed by atoms with Gasteiger partial charge in [0.25, 0.3) is 0 Å². The van der Waals surface area contributed by atoms with Gasteiger partial charge < -0.3 is 14.6 Å². The maximum Gasteiger partial charge on any atom is 0.123 e. The number of imidazole rings is 1. The van der Waals surface area contributed by atoms with Crippen LogP contribution in [-0.4, -0.2) is 22.7 Å². The minimum absolute atomic E-state index is 0.724. The molecular weight excluding hydrogens is 262 g/mol. The Bertz CT molecular complexity index is 523. The van der Waals surface area contributed by atoms with Crippen molar-refractivity contribution in [1.29, 1.82) is 0 Å². The maximum absolute atomic E-state index is 5.95. The first-order chi connectivity index (χ1) is 10.3. The van der Waals surface area contributed by atoms with Gasteiger partial charge in [0.15, 0.2) is 0 Å². The van der Waals surface area contributed by atoms with Crippen molar-refractivity contribution in [2.24, 2.45) is 0 Å². The highest BCUT2D eigenvalue weighted by Gasteiger charge is 2.04. The average molecular weight is 287 g/mol. The molecule has 0 amide bonds. The molecule has 4 nitrogen and oxygen atoms in total. The highest BCUT2D eigenvalue weighted by Crippen LogP contribution is 2.20. The van der Waals surface area contributed by atoms with E-state index in [9.17, 15) is 0 Å². The summed E-state index contributed by atoms with van der Waals surface area (Å²) in [5.41, 5.74) is 2.51. The summed E-state index contributed by atoms with van der Waals surface area (Å²) in [5.74, 6) is 0.995. The number of ether oxygens (including phenoxy) is 1. The third-order valence-corrected chi connectivity index (χ3v) is 3.34. The van der Waals surface area contributed by atoms with Gasteiger partial charge in [-0.2, -0.15) is 0 Å². The van der Waals surface area contributed by atoms with E-state index >= 15 is 0 Å². The predicted molar refractivity (Wildman–Crippen MR) is 85.5 cm³/mol. The molecule has 0 aliphatic carbocycles. The second-order valence-electron chi connectivity index (χ2n) is 5.29. The second-order valence-corrected chi connectivity index (χ2v) is 5.29. The van der Waals surface area contributed by atoms with Gasteiger partial charge in [0.1, 0.15) is 5.75 Å². The Morgan fingerprint density at radius 2 is 2.24 bits per heavy atom. The molecule has 1 aromatic carbocycles. The molecule has 0 saturated heterocycles. The topological polar surface area (TPSA) is 39.1 Å². The van der Waals surface area contributed by atoms with Crippen LogP contribution in [0.25, 0.3) is 0 Å². The average Bonchev–Trinajstić information content (AvgIpc) is 2.99. The fraction of sp³-hybridized carbons (Fsp3) is 0.471. The number of hydrogen-bond donors (Lipinski definition) is 1. The van der Waals surface area contributed by atoms with Crippen LogP contribution in [0.2, 0.25) is 0 Å². The summed E-state index contributed by atoms with van der Waals surface area (Å²) in [6.07, 6.45) is 7.75. The Morgan fingerprint density at radius 1 is 1.33 bits per heavy atom. The van der Waals surface area contributed by atoms with Crippen molar-refractivity contribution in [3.8, 4) is 5.75 Å². The van der Waals surface area contributed by atoms with E-state index in [2.05, 4.69) is 46.9 Å². The van der Waals surface area contributed by atoms with Crippen LogP contribution in [-0.2, 0) is 13.1 Å². The van der Waals surface area contributed by atoms with Crippen LogP contribution in [0.15, 0.2) is 36.9 Å². The molecule has 0 aliphatic heterocycles. The van der Waals surface area contributed by atoms with Crippen molar-refractivity contribution >= 4 is 0 Å². The van der Waals surface area contributed by atoms with Crippen molar-refractivity contribution < 1.29 is 4.74 Å². The van der Waals surface area contributed by atoms with Gasteiger partial charge in [-0.1, -0.05) is 24.6 Å². The lowest BCUT2D eigenvalue weighted by molar-refractivity contribution is 0.298. The van der Waals surface area contributed by atoms with E-state index in [-0.39, 0.29) is 0 Å². The standard InChI is InChI=1S/C17H25N3O/c1-3-7-18-13-16-12-15(2)5-6-17(16)21-11-4-9-20-10-8-19-14-20/h5-6,8,10,12,14,18H,3-4,7,9,11,13H2,1-2H3. The molecule has 0 radical (unpaired) electrons. The molecular formula is C17H25N3O. The first-order valence-electron chi connectivity index (χ1n) is 7.68. The summed E-state index contributed by atoms with van der Waals surface area (Å²) in [6.45, 7) is 7.86. The largest absolute Gasteiger partial charge is 0.493 e. The van der Waals surface area contributed by atoms with Gasteiger partial charge in [0.05, 0.1) is 12.9 Å². The summed E-state index contributed by atoms with van der Waals surface area (Å²) >= 11 is 0. The summed E-state index contributed by atoms with van der Waals surface area (Å²) in [4.78, 5) is 4.04. The van der Waals surface area contributed by atoms with Crippen LogP contribution in [0.5, 0.6) is 5.75 Å². The normalized spacial score (nSPS) is 10.8. The first kappa shape index (κ1) is 15.6. The summed E-state index contributed by atoms with van der Waals surface area (Å²) < 4.78 is 8.02. The number of nitrogens with one attached hydrogen (secondary N) is 1. The molecule has 2 aromatic rings. The Hall–Kier alpha value is -1.81. The van der Waals surface area contributed by atoms with Crippen molar-refractivity contribution in [2.45, 2.75) is 39.8 Å². The van der Waals surface area contributed by atoms with E-state index in [1.165, 1.54) is 11.1 Å². The molecule has 0 unspecified atom stereocenters. The summed E-state index contributed by atoms with van der Waals surface area (Å²) in [6, 6.07) is 6.39. The number of benzene rings is 1. The van der Waals surface area contributed by atoms with E-state index in [1.54, 1.807) is 6.20 Å². The Labute approximate surface area is 127 Å². The van der Waals surface area contributed by atoms with E-state index < -0.39 is 0 Å². The van der Waals surface area contributed by atoms with Crippen LogP contribution in [0.3, 0.4) is 0 Å². The lowest BCUT2D eigenvalue weighted by atomic mass is 10.1. The second kappa shape index (κ2) is 8.47. The molecule has 114 valence electrons. The van der Waals surface area contributed by atoms with Crippen LogP contribution >= 0.6 is 0 Å². The van der Waals surface area contributed by atoms with Gasteiger partial charge in [0, 0.05) is 31.0 Å². The first-order valence-corrected chi connectivity index (χ1v) is 7.68. The molecule has 1 aromatic heterocycles. The van der Waals surface area contributed by atoms with Crippen molar-refractivity contribution in [3.63, 3.8) is 0 Å². The van der Waals surface area contributed by atoms with Gasteiger partial charge in [-0.15, -0.1) is 0 Å². The predicted octanol–water partition coefficient (Wildman–Crippen LogP) is 3.16. The lowest BCUT2D eigenvalue weighted by Gasteiger charge is -2.13. The molecule has 0 aliphatic rings. The molecule has 0 fully saturated rings. The monoisotopic (exact) mass is 287 g/mol. The highest BCUT2D eigenvalue weighted by atomic mass is 16.5. The molecule has 2 rings (SSSR count). The van der Waals surface area contributed by atoms with Crippen LogP contribution in [0.1, 0.15) is 30.9 Å². The van der Waals surface area contributed by atoms with Crippen LogP contribution < -0.4 is 10.1 Å². The molecule has 4 heteroatoms. The zero-order valence-electron chi connectivity index (χ0n) is 13.0. The van der Waals surface area contributed by atoms with Crippen molar-refractivity contribution in [1.82, 2.24) is 14.9 Å². The molecule has 0 saturated carbocycles. The molecule has 0 spiro atoms. The number of aromatic nitrogens is 2. The lowest BCUT2D eigenvalue weighted by Crippen LogP contribution is -2.15. The number of aryl methyl sites for hydroxylation is 2. The zero-order valence-corrected chi connectivity index (χ0v) is 13.0. The van der Waals surface area contributed by atoms with E-state index in [4.69, 9.17) is 4.74 Å². The number of rotatable bonds is 9. The fourth-order valence-electron chi connectivity index (χ4n) is 2.24. The smallest absolute Gasteiger partial charge is 0.123 e. The molecule has 0 bridgehead atoms. The van der Waals surface area contributed by atoms with Gasteiger partial charge >= 0.3 is 0 Å². The van der Waals surface area contributed by atoms with Crippen LogP contribution in [0.4, 0.5) is 0 Å². The quantitative estimate of drug-likeness (QED) is 0.720. The van der Waals surface area contributed by atoms with Crippen LogP contribution in [0, 0.1) is 6.92 Å². The zero-order chi connectivity index (χ0) is 14.9. The molecule has 1 heterocycles. The fourth-order valence-corrected chi connectivity index (χ4v) is 2.24. The summed E-state index contributed by atoms with van der Waals surface area (Å²) in [5, 5.41) is 3.44. The van der Waals surface area contributed by atoms with Gasteiger partial charge in [-0.25, -0.2) is 4.98 Å². The van der Waals surface area contributed by atoms with Gasteiger partial charge in [-0.05, 0) is 32.4 Å². The maximum atomic E-state index is 5.95. The van der Waals surface area contributed by atoms with E-state index in [1.807, 2.05) is 12.5 Å². The highest BCUT2D eigenvalue weighted by molar-refractivity contribution is 5.36. The SMILES string of the molecule is CCCNCc1cc(C)ccc1OCCCn1ccnc1. The Kier molecular flexibility index (Phi) is 6.28. The summed E-state index contributed by atoms with van der Waals surface area (Å²) in [7, 11) is 0. The molecule has 0 atom stereocenters. The van der Waals surface area contributed by atoms with Crippen molar-refractivity contribution in [3.05, 3.63) is 48.0 Å². The van der Waals surface area contributed by atoms with Gasteiger partial charge in [-0.3, -0.25) is 0 Å². The number of nitrogens with zero attached hydrogens (tertiary/aromatic N) is 2. The molecule has 1 N–H and O–H groups in total.